The SMILES string of the molecule is CC1CCC(C)(C)N(C)CCCN1. The standard InChI is InChI=1S/C11H24N2/c1-10-6-7-11(2,3)13(4)9-5-8-12-10/h10,12H,5-9H2,1-4H3. The summed E-state index contributed by atoms with van der Waals surface area (Å²) in [5, 5.41) is 3.56. The molecular weight excluding hydrogens is 160 g/mol. The molecular formula is C11H24N2. The minimum Gasteiger partial charge on any atom is -0.314 e. The van der Waals surface area contributed by atoms with E-state index >= 15 is 0 Å². The molecule has 1 saturated heterocycles. The fourth-order valence-electron chi connectivity index (χ4n) is 1.83. The van der Waals surface area contributed by atoms with Gasteiger partial charge >= 0.3 is 0 Å². The zero-order valence-corrected chi connectivity index (χ0v) is 9.56. The predicted octanol–water partition coefficient (Wildman–Crippen LogP) is 1.86. The highest BCUT2D eigenvalue weighted by molar-refractivity contribution is 4.82. The summed E-state index contributed by atoms with van der Waals surface area (Å²) in [6.45, 7) is 9.38. The van der Waals surface area contributed by atoms with Crippen LogP contribution in [0.2, 0.25) is 0 Å². The molecule has 0 aromatic heterocycles. The fraction of sp³-hybridized carbons (Fsp3) is 1.00. The molecule has 0 aliphatic carbocycles. The second-order valence-electron chi connectivity index (χ2n) is 4.98. The number of nitrogens with zero attached hydrogens (tertiary/aromatic N) is 1. The molecule has 2 heteroatoms. The van der Waals surface area contributed by atoms with Crippen molar-refractivity contribution < 1.29 is 0 Å². The summed E-state index contributed by atoms with van der Waals surface area (Å²) in [7, 11) is 2.25. The first-order valence-electron chi connectivity index (χ1n) is 5.47. The van der Waals surface area contributed by atoms with Gasteiger partial charge in [-0.2, -0.15) is 0 Å². The largest absolute Gasteiger partial charge is 0.314 e. The molecule has 1 unspecified atom stereocenters. The highest BCUT2D eigenvalue weighted by atomic mass is 15.2. The maximum absolute atomic E-state index is 3.56. The second-order valence-corrected chi connectivity index (χ2v) is 4.98. The van der Waals surface area contributed by atoms with E-state index < -0.39 is 0 Å². The zero-order chi connectivity index (χ0) is 9.90. The number of nitrogens with one attached hydrogen (secondary N) is 1. The number of hydrogen-bond donors (Lipinski definition) is 1. The van der Waals surface area contributed by atoms with Crippen LogP contribution >= 0.6 is 0 Å². The van der Waals surface area contributed by atoms with Crippen LogP contribution < -0.4 is 5.32 Å². The molecule has 0 bridgehead atoms. The van der Waals surface area contributed by atoms with Gasteiger partial charge in [0.1, 0.15) is 0 Å². The Kier molecular flexibility index (Phi) is 3.74. The minimum absolute atomic E-state index is 0.375. The van der Waals surface area contributed by atoms with Crippen LogP contribution in [0.4, 0.5) is 0 Å². The third kappa shape index (κ3) is 3.28. The van der Waals surface area contributed by atoms with Gasteiger partial charge in [0.2, 0.25) is 0 Å². The minimum atomic E-state index is 0.375. The lowest BCUT2D eigenvalue weighted by Gasteiger charge is -2.35. The van der Waals surface area contributed by atoms with Crippen LogP contribution in [0.1, 0.15) is 40.0 Å². The van der Waals surface area contributed by atoms with Crippen LogP contribution in [0.25, 0.3) is 0 Å². The Morgan fingerprint density at radius 3 is 2.77 bits per heavy atom. The van der Waals surface area contributed by atoms with E-state index in [1.54, 1.807) is 0 Å². The molecule has 1 atom stereocenters. The van der Waals surface area contributed by atoms with Gasteiger partial charge in [-0.3, -0.25) is 0 Å². The van der Waals surface area contributed by atoms with Crippen LogP contribution in [0.3, 0.4) is 0 Å². The van der Waals surface area contributed by atoms with Gasteiger partial charge in [-0.1, -0.05) is 0 Å². The molecule has 0 aromatic carbocycles. The van der Waals surface area contributed by atoms with E-state index in [1.807, 2.05) is 0 Å². The Morgan fingerprint density at radius 1 is 1.38 bits per heavy atom. The van der Waals surface area contributed by atoms with Crippen molar-refractivity contribution in [1.29, 1.82) is 0 Å². The Bertz CT molecular complexity index is 154. The first-order chi connectivity index (χ1) is 6.02. The summed E-state index contributed by atoms with van der Waals surface area (Å²) in [6, 6.07) is 0.686. The Morgan fingerprint density at radius 2 is 2.08 bits per heavy atom. The summed E-state index contributed by atoms with van der Waals surface area (Å²) >= 11 is 0. The summed E-state index contributed by atoms with van der Waals surface area (Å²) in [6.07, 6.45) is 3.85. The molecule has 0 radical (unpaired) electrons. The van der Waals surface area contributed by atoms with E-state index in [0.29, 0.717) is 11.6 Å². The van der Waals surface area contributed by atoms with Crippen molar-refractivity contribution >= 4 is 0 Å². The van der Waals surface area contributed by atoms with Crippen molar-refractivity contribution in [1.82, 2.24) is 10.2 Å². The lowest BCUT2D eigenvalue weighted by Crippen LogP contribution is -2.41. The molecule has 1 aliphatic rings. The summed E-state index contributed by atoms with van der Waals surface area (Å²) in [5.41, 5.74) is 0.375. The Hall–Kier alpha value is -0.0800. The molecule has 1 N–H and O–H groups in total. The number of rotatable bonds is 0. The van der Waals surface area contributed by atoms with E-state index in [9.17, 15) is 0 Å². The average Bonchev–Trinajstić information content (AvgIpc) is 2.11. The molecule has 13 heavy (non-hydrogen) atoms. The molecule has 0 amide bonds. The predicted molar refractivity (Wildman–Crippen MR) is 58.0 cm³/mol. The third-order valence-corrected chi connectivity index (χ3v) is 3.39. The molecule has 0 spiro atoms. The van der Waals surface area contributed by atoms with E-state index in [4.69, 9.17) is 0 Å². The maximum Gasteiger partial charge on any atom is 0.0150 e. The monoisotopic (exact) mass is 184 g/mol. The average molecular weight is 184 g/mol. The smallest absolute Gasteiger partial charge is 0.0150 e. The van der Waals surface area contributed by atoms with Gasteiger partial charge < -0.3 is 10.2 Å². The Labute approximate surface area is 82.7 Å². The molecule has 2 nitrogen and oxygen atoms in total. The molecule has 0 saturated carbocycles. The fourth-order valence-corrected chi connectivity index (χ4v) is 1.83. The van der Waals surface area contributed by atoms with Gasteiger partial charge in [0, 0.05) is 11.6 Å². The van der Waals surface area contributed by atoms with Gasteiger partial charge in [0.25, 0.3) is 0 Å². The van der Waals surface area contributed by atoms with E-state index in [-0.39, 0.29) is 0 Å². The van der Waals surface area contributed by atoms with Gasteiger partial charge in [-0.15, -0.1) is 0 Å². The lowest BCUT2D eigenvalue weighted by molar-refractivity contribution is 0.144. The van der Waals surface area contributed by atoms with Gasteiger partial charge in [-0.05, 0) is 60.2 Å². The van der Waals surface area contributed by atoms with E-state index in [1.165, 1.54) is 32.4 Å². The highest BCUT2D eigenvalue weighted by Gasteiger charge is 2.24. The molecule has 1 fully saturated rings. The normalized spacial score (nSPS) is 31.8. The van der Waals surface area contributed by atoms with Crippen molar-refractivity contribution in [2.45, 2.75) is 51.6 Å². The Balaban J connectivity index is 2.54. The molecule has 0 aromatic rings. The first kappa shape index (κ1) is 11.0. The molecule has 1 heterocycles. The summed E-state index contributed by atoms with van der Waals surface area (Å²) in [4.78, 5) is 2.49. The van der Waals surface area contributed by atoms with Gasteiger partial charge in [0.05, 0.1) is 0 Å². The van der Waals surface area contributed by atoms with E-state index in [2.05, 4.69) is 38.0 Å². The molecule has 1 aliphatic heterocycles. The maximum atomic E-state index is 3.56. The topological polar surface area (TPSA) is 15.3 Å². The van der Waals surface area contributed by atoms with Crippen LogP contribution in [0.15, 0.2) is 0 Å². The zero-order valence-electron chi connectivity index (χ0n) is 9.56. The van der Waals surface area contributed by atoms with Crippen molar-refractivity contribution in [2.75, 3.05) is 20.1 Å². The first-order valence-corrected chi connectivity index (χ1v) is 5.47. The van der Waals surface area contributed by atoms with Crippen LogP contribution in [0, 0.1) is 0 Å². The highest BCUT2D eigenvalue weighted by Crippen LogP contribution is 2.21. The lowest BCUT2D eigenvalue weighted by atomic mass is 9.94. The third-order valence-electron chi connectivity index (χ3n) is 3.39. The van der Waals surface area contributed by atoms with E-state index in [0.717, 1.165) is 0 Å². The van der Waals surface area contributed by atoms with Crippen LogP contribution in [-0.4, -0.2) is 36.6 Å². The molecule has 78 valence electrons. The van der Waals surface area contributed by atoms with Crippen molar-refractivity contribution in [3.8, 4) is 0 Å². The number of hydrogen-bond acceptors (Lipinski definition) is 2. The molecule has 1 rings (SSSR count). The summed E-state index contributed by atoms with van der Waals surface area (Å²) in [5.74, 6) is 0. The van der Waals surface area contributed by atoms with Crippen molar-refractivity contribution in [2.24, 2.45) is 0 Å². The summed E-state index contributed by atoms with van der Waals surface area (Å²) < 4.78 is 0. The van der Waals surface area contributed by atoms with Crippen molar-refractivity contribution in [3.05, 3.63) is 0 Å². The van der Waals surface area contributed by atoms with Gasteiger partial charge in [0.15, 0.2) is 0 Å². The second kappa shape index (κ2) is 4.43. The van der Waals surface area contributed by atoms with Crippen LogP contribution in [-0.2, 0) is 0 Å². The van der Waals surface area contributed by atoms with Gasteiger partial charge in [-0.25, -0.2) is 0 Å². The van der Waals surface area contributed by atoms with Crippen molar-refractivity contribution in [3.63, 3.8) is 0 Å². The quantitative estimate of drug-likeness (QED) is 0.618. The van der Waals surface area contributed by atoms with Crippen LogP contribution in [0.5, 0.6) is 0 Å².